The van der Waals surface area contributed by atoms with Gasteiger partial charge in [0.05, 0.1) is 43.9 Å². The molecule has 0 amide bonds. The summed E-state index contributed by atoms with van der Waals surface area (Å²) >= 11 is 0. The number of rotatable bonds is 12. The lowest BCUT2D eigenvalue weighted by atomic mass is 9.72. The zero-order chi connectivity index (χ0) is 32.3. The second kappa shape index (κ2) is 13.4. The number of nitrogens with two attached hydrogens (primary N) is 1. The molecule has 3 unspecified atom stereocenters. The molecule has 0 radical (unpaired) electrons. The molecule has 244 valence electrons. The molecule has 2 aliphatic carbocycles. The molecule has 2 saturated carbocycles. The first-order valence-electron chi connectivity index (χ1n) is 16.3. The van der Waals surface area contributed by atoms with Crippen molar-refractivity contribution in [2.24, 2.45) is 5.92 Å². The van der Waals surface area contributed by atoms with E-state index in [0.717, 1.165) is 29.5 Å². The number of anilines is 1. The third kappa shape index (κ3) is 6.21. The lowest BCUT2D eigenvalue weighted by Crippen LogP contribution is -2.61. The molecular formula is C37H41N5O5. The first-order valence-corrected chi connectivity index (χ1v) is 16.3. The number of hydrogen-bond donors (Lipinski definition) is 3. The third-order valence-electron chi connectivity index (χ3n) is 9.83. The molecule has 47 heavy (non-hydrogen) atoms. The summed E-state index contributed by atoms with van der Waals surface area (Å²) in [6.07, 6.45) is 4.18. The summed E-state index contributed by atoms with van der Waals surface area (Å²) in [5.41, 5.74) is 7.12. The van der Waals surface area contributed by atoms with Gasteiger partial charge in [-0.25, -0.2) is 4.98 Å². The highest BCUT2D eigenvalue weighted by Crippen LogP contribution is 2.56. The van der Waals surface area contributed by atoms with E-state index in [2.05, 4.69) is 15.0 Å². The van der Waals surface area contributed by atoms with Crippen molar-refractivity contribution in [2.75, 3.05) is 12.3 Å². The molecule has 0 saturated heterocycles. The van der Waals surface area contributed by atoms with Gasteiger partial charge in [0.25, 0.3) is 0 Å². The topological polar surface area (TPSA) is 138 Å². The average molecular weight is 636 g/mol. The highest BCUT2D eigenvalue weighted by Gasteiger charge is 2.66. The number of aromatic nitrogens is 4. The van der Waals surface area contributed by atoms with E-state index >= 15 is 0 Å². The summed E-state index contributed by atoms with van der Waals surface area (Å²) in [7, 11) is 0. The zero-order valence-electron chi connectivity index (χ0n) is 26.3. The van der Waals surface area contributed by atoms with Gasteiger partial charge in [0.15, 0.2) is 11.2 Å². The summed E-state index contributed by atoms with van der Waals surface area (Å²) in [5.74, 6) is -0.257. The van der Waals surface area contributed by atoms with Crippen LogP contribution in [0, 0.1) is 5.92 Å². The van der Waals surface area contributed by atoms with Crippen LogP contribution in [0.4, 0.5) is 5.95 Å². The predicted octanol–water partition coefficient (Wildman–Crippen LogP) is 5.39. The van der Waals surface area contributed by atoms with Crippen LogP contribution in [-0.2, 0) is 29.3 Å². The molecule has 0 spiro atoms. The molecule has 2 aliphatic rings. The van der Waals surface area contributed by atoms with E-state index in [1.165, 1.54) is 0 Å². The van der Waals surface area contributed by atoms with Gasteiger partial charge in [0.2, 0.25) is 11.8 Å². The number of benzene rings is 3. The number of imidazole rings is 1. The maximum absolute atomic E-state index is 13.1. The van der Waals surface area contributed by atoms with Crippen LogP contribution in [0.3, 0.4) is 0 Å². The van der Waals surface area contributed by atoms with E-state index in [9.17, 15) is 10.2 Å². The van der Waals surface area contributed by atoms with Gasteiger partial charge in [0, 0.05) is 5.92 Å². The molecule has 10 heteroatoms. The fourth-order valence-corrected chi connectivity index (χ4v) is 7.47. The minimum atomic E-state index is -1.63. The number of aliphatic hydroxyl groups is 2. The van der Waals surface area contributed by atoms with E-state index in [4.69, 9.17) is 19.9 Å². The van der Waals surface area contributed by atoms with Crippen LogP contribution >= 0.6 is 0 Å². The van der Waals surface area contributed by atoms with Gasteiger partial charge in [-0.1, -0.05) is 104 Å². The summed E-state index contributed by atoms with van der Waals surface area (Å²) in [5, 5.41) is 25.4. The van der Waals surface area contributed by atoms with Crippen molar-refractivity contribution in [3.63, 3.8) is 0 Å². The van der Waals surface area contributed by atoms with E-state index in [0.29, 0.717) is 43.6 Å². The fraction of sp³-hybridized carbons (Fsp3) is 0.378. The van der Waals surface area contributed by atoms with Gasteiger partial charge in [-0.2, -0.15) is 9.97 Å². The number of nitrogen functional groups attached to an aromatic ring is 1. The van der Waals surface area contributed by atoms with E-state index in [-0.39, 0.29) is 25.0 Å². The fourth-order valence-electron chi connectivity index (χ4n) is 7.47. The van der Waals surface area contributed by atoms with Crippen LogP contribution in [0.5, 0.6) is 5.88 Å². The molecule has 2 fully saturated rings. The Balaban J connectivity index is 1.25. The van der Waals surface area contributed by atoms with Crippen LogP contribution in [-0.4, -0.2) is 53.6 Å². The van der Waals surface area contributed by atoms with Crippen LogP contribution in [0.2, 0.25) is 0 Å². The smallest absolute Gasteiger partial charge is 0.247 e. The standard InChI is InChI=1S/C37H41N5O5/c38-35-40-33-32(34(41-35)47-23-28-16-8-3-9-17-28)39-25-42(33)31-20-30(46-22-27-14-6-2-7-15-27)29(24-45-21-26-12-4-1-5-13-26)37(31,44)36(43)18-10-11-19-36/h1-9,12-17,25,29-31,43-44H,10-11,18-24H2,(H2,38,40,41)/t29?,30?,31?,37-/m0/s1. The van der Waals surface area contributed by atoms with Crippen molar-refractivity contribution >= 4 is 17.1 Å². The Morgan fingerprint density at radius 2 is 1.38 bits per heavy atom. The summed E-state index contributed by atoms with van der Waals surface area (Å²) in [4.78, 5) is 13.6. The second-order valence-corrected chi connectivity index (χ2v) is 12.7. The van der Waals surface area contributed by atoms with Crippen molar-refractivity contribution in [1.82, 2.24) is 19.5 Å². The normalized spacial score (nSPS) is 23.7. The molecule has 7 rings (SSSR count). The summed E-state index contributed by atoms with van der Waals surface area (Å²) in [6, 6.07) is 29.0. The van der Waals surface area contributed by atoms with Crippen molar-refractivity contribution in [3.8, 4) is 5.88 Å². The molecule has 0 aliphatic heterocycles. The minimum absolute atomic E-state index is 0.0306. The number of hydrogen-bond acceptors (Lipinski definition) is 9. The maximum Gasteiger partial charge on any atom is 0.247 e. The lowest BCUT2D eigenvalue weighted by Gasteiger charge is -2.46. The Hall–Kier alpha value is -4.35. The van der Waals surface area contributed by atoms with Gasteiger partial charge in [0.1, 0.15) is 12.2 Å². The predicted molar refractivity (Wildman–Crippen MR) is 177 cm³/mol. The van der Waals surface area contributed by atoms with Crippen molar-refractivity contribution < 1.29 is 24.4 Å². The second-order valence-electron chi connectivity index (χ2n) is 12.7. The van der Waals surface area contributed by atoms with Crippen LogP contribution in [0.15, 0.2) is 97.3 Å². The van der Waals surface area contributed by atoms with Gasteiger partial charge in [-0.15, -0.1) is 0 Å². The van der Waals surface area contributed by atoms with E-state index in [1.807, 2.05) is 95.6 Å². The molecule has 2 heterocycles. The number of nitrogens with zero attached hydrogens (tertiary/aromatic N) is 4. The van der Waals surface area contributed by atoms with Gasteiger partial charge in [-0.3, -0.25) is 0 Å². The average Bonchev–Trinajstić information content (AvgIpc) is 3.81. The third-order valence-corrected chi connectivity index (χ3v) is 9.83. The zero-order valence-corrected chi connectivity index (χ0v) is 26.3. The minimum Gasteiger partial charge on any atom is -0.471 e. The number of fused-ring (bicyclic) bond motifs is 1. The van der Waals surface area contributed by atoms with E-state index in [1.54, 1.807) is 6.33 Å². The monoisotopic (exact) mass is 635 g/mol. The van der Waals surface area contributed by atoms with E-state index < -0.39 is 29.3 Å². The lowest BCUT2D eigenvalue weighted by molar-refractivity contribution is -0.205. The Morgan fingerprint density at radius 1 is 0.787 bits per heavy atom. The highest BCUT2D eigenvalue weighted by molar-refractivity contribution is 5.77. The molecular weight excluding hydrogens is 594 g/mol. The quantitative estimate of drug-likeness (QED) is 0.165. The molecule has 5 aromatic rings. The van der Waals surface area contributed by atoms with Crippen molar-refractivity contribution in [1.29, 1.82) is 0 Å². The molecule has 4 atom stereocenters. The van der Waals surface area contributed by atoms with Crippen LogP contribution in [0.25, 0.3) is 11.2 Å². The molecule has 4 N–H and O–H groups in total. The Labute approximate surface area is 274 Å². The summed E-state index contributed by atoms with van der Waals surface area (Å²) in [6.45, 7) is 1.21. The molecule has 3 aromatic carbocycles. The Kier molecular flexibility index (Phi) is 8.92. The molecule has 2 aromatic heterocycles. The number of ether oxygens (including phenoxy) is 3. The summed E-state index contributed by atoms with van der Waals surface area (Å²) < 4.78 is 20.8. The largest absolute Gasteiger partial charge is 0.471 e. The first kappa shape index (κ1) is 31.3. The van der Waals surface area contributed by atoms with Gasteiger partial charge in [-0.05, 0) is 36.0 Å². The Morgan fingerprint density at radius 3 is 2.02 bits per heavy atom. The Bertz CT molecular complexity index is 1760. The van der Waals surface area contributed by atoms with Gasteiger partial charge >= 0.3 is 0 Å². The maximum atomic E-state index is 13.1. The molecule has 0 bridgehead atoms. The van der Waals surface area contributed by atoms with Crippen LogP contribution < -0.4 is 10.5 Å². The highest BCUT2D eigenvalue weighted by atomic mass is 16.5. The van der Waals surface area contributed by atoms with Crippen molar-refractivity contribution in [3.05, 3.63) is 114 Å². The SMILES string of the molecule is Nc1nc(OCc2ccccc2)c2ncn(C3CC(OCc4ccccc4)C(COCc4ccccc4)[C@@]3(O)C3(O)CCCC3)c2n1. The van der Waals surface area contributed by atoms with Gasteiger partial charge < -0.3 is 34.7 Å². The van der Waals surface area contributed by atoms with Crippen LogP contribution in [0.1, 0.15) is 54.8 Å². The molecule has 10 nitrogen and oxygen atoms in total. The van der Waals surface area contributed by atoms with Crippen molar-refractivity contribution in [2.45, 2.75) is 75.3 Å². The first-order chi connectivity index (χ1) is 22.9.